The molecule has 4 heteroatoms. The zero-order valence-corrected chi connectivity index (χ0v) is 13.2. The molecule has 2 aromatic carbocycles. The van der Waals surface area contributed by atoms with Crippen LogP contribution in [0.25, 0.3) is 0 Å². The predicted octanol–water partition coefficient (Wildman–Crippen LogP) is 4.40. The summed E-state index contributed by atoms with van der Waals surface area (Å²) in [5, 5.41) is 0. The number of carbonyl (C=O) groups excluding carboxylic acids is 2. The Balaban J connectivity index is 1.82. The number of Topliss-reactive ketones (excluding diaryl/α,β-unsaturated/α-hetero) is 1. The van der Waals surface area contributed by atoms with Crippen molar-refractivity contribution in [1.82, 2.24) is 0 Å². The van der Waals surface area contributed by atoms with Gasteiger partial charge in [-0.15, -0.1) is 0 Å². The SMILES string of the molecule is COC(=O)CCCCC(=O)c1ccc(Oc2ccccc2)cc1. The molecule has 0 atom stereocenters. The number of esters is 1. The Hall–Kier alpha value is -2.62. The number of benzene rings is 2. The van der Waals surface area contributed by atoms with E-state index in [1.807, 2.05) is 30.3 Å². The summed E-state index contributed by atoms with van der Waals surface area (Å²) in [7, 11) is 1.37. The molecule has 0 N–H and O–H groups in total. The lowest BCUT2D eigenvalue weighted by Crippen LogP contribution is -2.02. The maximum Gasteiger partial charge on any atom is 0.305 e. The number of para-hydroxylation sites is 1. The van der Waals surface area contributed by atoms with Gasteiger partial charge in [0.1, 0.15) is 11.5 Å². The van der Waals surface area contributed by atoms with Crippen LogP contribution in [0.5, 0.6) is 11.5 Å². The van der Waals surface area contributed by atoms with Crippen LogP contribution in [-0.4, -0.2) is 18.9 Å². The quantitative estimate of drug-likeness (QED) is 0.412. The van der Waals surface area contributed by atoms with E-state index in [2.05, 4.69) is 4.74 Å². The first-order chi connectivity index (χ1) is 11.2. The minimum absolute atomic E-state index is 0.0705. The average Bonchev–Trinajstić information content (AvgIpc) is 2.60. The van der Waals surface area contributed by atoms with Crippen LogP contribution >= 0.6 is 0 Å². The van der Waals surface area contributed by atoms with Gasteiger partial charge >= 0.3 is 5.97 Å². The van der Waals surface area contributed by atoms with Crippen LogP contribution in [0.4, 0.5) is 0 Å². The highest BCUT2D eigenvalue weighted by atomic mass is 16.5. The Morgan fingerprint density at radius 3 is 2.09 bits per heavy atom. The van der Waals surface area contributed by atoms with Gasteiger partial charge in [-0.25, -0.2) is 0 Å². The van der Waals surface area contributed by atoms with Gasteiger partial charge in [-0.1, -0.05) is 18.2 Å². The number of carbonyl (C=O) groups is 2. The normalized spacial score (nSPS) is 10.1. The third-order valence-electron chi connectivity index (χ3n) is 3.42. The van der Waals surface area contributed by atoms with Crippen molar-refractivity contribution in [2.45, 2.75) is 25.7 Å². The largest absolute Gasteiger partial charge is 0.469 e. The highest BCUT2D eigenvalue weighted by Gasteiger charge is 2.07. The van der Waals surface area contributed by atoms with Crippen LogP contribution < -0.4 is 4.74 Å². The Morgan fingerprint density at radius 2 is 1.43 bits per heavy atom. The molecule has 4 nitrogen and oxygen atoms in total. The first kappa shape index (κ1) is 16.7. The van der Waals surface area contributed by atoms with Gasteiger partial charge in [0, 0.05) is 18.4 Å². The predicted molar refractivity (Wildman–Crippen MR) is 87.8 cm³/mol. The average molecular weight is 312 g/mol. The second-order valence-electron chi connectivity index (χ2n) is 5.15. The molecule has 120 valence electrons. The summed E-state index contributed by atoms with van der Waals surface area (Å²) in [5.41, 5.74) is 0.656. The molecule has 0 bridgehead atoms. The van der Waals surface area contributed by atoms with Crippen molar-refractivity contribution in [1.29, 1.82) is 0 Å². The van der Waals surface area contributed by atoms with E-state index in [-0.39, 0.29) is 11.8 Å². The third-order valence-corrected chi connectivity index (χ3v) is 3.42. The van der Waals surface area contributed by atoms with Crippen molar-refractivity contribution in [3.8, 4) is 11.5 Å². The van der Waals surface area contributed by atoms with Crippen LogP contribution in [0.1, 0.15) is 36.0 Å². The van der Waals surface area contributed by atoms with Crippen molar-refractivity contribution in [2.24, 2.45) is 0 Å². The summed E-state index contributed by atoms with van der Waals surface area (Å²) < 4.78 is 10.3. The lowest BCUT2D eigenvalue weighted by molar-refractivity contribution is -0.140. The highest BCUT2D eigenvalue weighted by Crippen LogP contribution is 2.21. The fourth-order valence-corrected chi connectivity index (χ4v) is 2.13. The molecule has 0 aliphatic rings. The molecule has 0 heterocycles. The second-order valence-corrected chi connectivity index (χ2v) is 5.15. The number of methoxy groups -OCH3 is 1. The standard InChI is InChI=1S/C19H20O4/c1-22-19(21)10-6-5-9-18(20)15-11-13-17(14-12-15)23-16-7-3-2-4-8-16/h2-4,7-8,11-14H,5-6,9-10H2,1H3. The van der Waals surface area contributed by atoms with Gasteiger partial charge < -0.3 is 9.47 Å². The van der Waals surface area contributed by atoms with Crippen LogP contribution in [0.3, 0.4) is 0 Å². The summed E-state index contributed by atoms with van der Waals surface area (Å²) in [6, 6.07) is 16.6. The molecule has 2 rings (SSSR count). The molecule has 2 aromatic rings. The molecular weight excluding hydrogens is 292 g/mol. The number of ketones is 1. The second kappa shape index (κ2) is 8.73. The molecule has 0 saturated heterocycles. The number of hydrogen-bond acceptors (Lipinski definition) is 4. The van der Waals surface area contributed by atoms with E-state index >= 15 is 0 Å². The van der Waals surface area contributed by atoms with Gasteiger partial charge in [-0.2, -0.15) is 0 Å². The molecule has 23 heavy (non-hydrogen) atoms. The maximum absolute atomic E-state index is 12.1. The molecule has 0 spiro atoms. The lowest BCUT2D eigenvalue weighted by atomic mass is 10.0. The Morgan fingerprint density at radius 1 is 0.826 bits per heavy atom. The number of hydrogen-bond donors (Lipinski definition) is 0. The molecule has 0 radical (unpaired) electrons. The number of unbranched alkanes of at least 4 members (excludes halogenated alkanes) is 1. The molecule has 0 unspecified atom stereocenters. The van der Waals surface area contributed by atoms with Gasteiger partial charge in [0.25, 0.3) is 0 Å². The van der Waals surface area contributed by atoms with Gasteiger partial charge in [0.15, 0.2) is 5.78 Å². The van der Waals surface area contributed by atoms with Gasteiger partial charge in [-0.05, 0) is 49.2 Å². The molecule has 0 amide bonds. The summed E-state index contributed by atoms with van der Waals surface area (Å²) in [4.78, 5) is 23.1. The lowest BCUT2D eigenvalue weighted by Gasteiger charge is -2.06. The molecule has 0 aliphatic carbocycles. The van der Waals surface area contributed by atoms with Crippen molar-refractivity contribution in [2.75, 3.05) is 7.11 Å². The summed E-state index contributed by atoms with van der Waals surface area (Å²) in [6.45, 7) is 0. The van der Waals surface area contributed by atoms with E-state index < -0.39 is 0 Å². The van der Waals surface area contributed by atoms with Crippen LogP contribution in [0.15, 0.2) is 54.6 Å². The van der Waals surface area contributed by atoms with Crippen LogP contribution in [-0.2, 0) is 9.53 Å². The van der Waals surface area contributed by atoms with E-state index in [0.29, 0.717) is 37.0 Å². The Kier molecular flexibility index (Phi) is 6.36. The molecular formula is C19H20O4. The first-order valence-corrected chi connectivity index (χ1v) is 7.62. The van der Waals surface area contributed by atoms with E-state index in [9.17, 15) is 9.59 Å². The first-order valence-electron chi connectivity index (χ1n) is 7.62. The minimum Gasteiger partial charge on any atom is -0.469 e. The molecule has 0 saturated carbocycles. The summed E-state index contributed by atoms with van der Waals surface area (Å²) in [5.74, 6) is 1.29. The van der Waals surface area contributed by atoms with E-state index in [4.69, 9.17) is 4.74 Å². The van der Waals surface area contributed by atoms with Crippen molar-refractivity contribution < 1.29 is 19.1 Å². The number of rotatable bonds is 8. The smallest absolute Gasteiger partial charge is 0.305 e. The van der Waals surface area contributed by atoms with E-state index in [0.717, 1.165) is 5.75 Å². The van der Waals surface area contributed by atoms with Crippen molar-refractivity contribution in [3.05, 3.63) is 60.2 Å². The Labute approximate surface area is 136 Å². The molecule has 0 aromatic heterocycles. The Bertz CT molecular complexity index is 632. The van der Waals surface area contributed by atoms with Crippen molar-refractivity contribution >= 4 is 11.8 Å². The van der Waals surface area contributed by atoms with Gasteiger partial charge in [0.2, 0.25) is 0 Å². The van der Waals surface area contributed by atoms with Gasteiger partial charge in [0.05, 0.1) is 7.11 Å². The summed E-state index contributed by atoms with van der Waals surface area (Å²) >= 11 is 0. The molecule has 0 fully saturated rings. The summed E-state index contributed by atoms with van der Waals surface area (Å²) in [6.07, 6.45) is 2.12. The van der Waals surface area contributed by atoms with Crippen LogP contribution in [0.2, 0.25) is 0 Å². The van der Waals surface area contributed by atoms with Crippen LogP contribution in [0, 0.1) is 0 Å². The fourth-order valence-electron chi connectivity index (χ4n) is 2.13. The fraction of sp³-hybridized carbons (Fsp3) is 0.263. The van der Waals surface area contributed by atoms with Gasteiger partial charge in [-0.3, -0.25) is 9.59 Å². The van der Waals surface area contributed by atoms with E-state index in [1.54, 1.807) is 24.3 Å². The third kappa shape index (κ3) is 5.58. The number of ether oxygens (including phenoxy) is 2. The topological polar surface area (TPSA) is 52.6 Å². The molecule has 0 aliphatic heterocycles. The van der Waals surface area contributed by atoms with E-state index in [1.165, 1.54) is 7.11 Å². The zero-order chi connectivity index (χ0) is 16.5. The maximum atomic E-state index is 12.1. The minimum atomic E-state index is -0.236. The highest BCUT2D eigenvalue weighted by molar-refractivity contribution is 5.96. The zero-order valence-electron chi connectivity index (χ0n) is 13.2. The monoisotopic (exact) mass is 312 g/mol. The van der Waals surface area contributed by atoms with Crippen molar-refractivity contribution in [3.63, 3.8) is 0 Å².